The van der Waals surface area contributed by atoms with Crippen molar-refractivity contribution in [2.45, 2.75) is 62.7 Å². The summed E-state index contributed by atoms with van der Waals surface area (Å²) in [5.41, 5.74) is 0.201. The molecule has 1 aromatic rings. The highest BCUT2D eigenvalue weighted by Crippen LogP contribution is 2.43. The number of rotatable bonds is 3. The number of nitrogens with zero attached hydrogens (tertiary/aromatic N) is 3. The Labute approximate surface area is 106 Å². The van der Waals surface area contributed by atoms with E-state index in [9.17, 15) is 0 Å². The Morgan fingerprint density at radius 3 is 3.00 bits per heavy atom. The predicted octanol–water partition coefficient (Wildman–Crippen LogP) is 2.51. The molecule has 0 amide bonds. The molecule has 0 radical (unpaired) electrons. The van der Waals surface area contributed by atoms with Crippen LogP contribution >= 0.6 is 11.6 Å². The summed E-state index contributed by atoms with van der Waals surface area (Å²) in [4.78, 5) is 4.13. The van der Waals surface area contributed by atoms with E-state index in [1.807, 2.05) is 4.68 Å². The lowest BCUT2D eigenvalue weighted by molar-refractivity contribution is -0.0431. The van der Waals surface area contributed by atoms with E-state index in [2.05, 4.69) is 10.1 Å². The fourth-order valence-corrected chi connectivity index (χ4v) is 3.36. The van der Waals surface area contributed by atoms with Crippen LogP contribution in [0.2, 0.25) is 0 Å². The van der Waals surface area contributed by atoms with E-state index in [0.717, 1.165) is 18.8 Å². The van der Waals surface area contributed by atoms with E-state index in [1.165, 1.54) is 32.1 Å². The summed E-state index contributed by atoms with van der Waals surface area (Å²) >= 11 is 5.82. The molecular formula is C12H18ClN3O. The third-order valence-electron chi connectivity index (χ3n) is 4.05. The van der Waals surface area contributed by atoms with E-state index in [1.54, 1.807) is 6.33 Å². The van der Waals surface area contributed by atoms with Crippen molar-refractivity contribution in [3.63, 3.8) is 0 Å². The summed E-state index contributed by atoms with van der Waals surface area (Å²) in [6, 6.07) is 0. The summed E-state index contributed by atoms with van der Waals surface area (Å²) in [7, 11) is 0. The second-order valence-electron chi connectivity index (χ2n) is 5.16. The van der Waals surface area contributed by atoms with Gasteiger partial charge in [-0.1, -0.05) is 12.8 Å². The van der Waals surface area contributed by atoms with Crippen molar-refractivity contribution in [2.24, 2.45) is 0 Å². The van der Waals surface area contributed by atoms with Crippen LogP contribution < -0.4 is 0 Å². The molecule has 1 aliphatic heterocycles. The predicted molar refractivity (Wildman–Crippen MR) is 64.9 cm³/mol. The van der Waals surface area contributed by atoms with Gasteiger partial charge in [-0.3, -0.25) is 0 Å². The van der Waals surface area contributed by atoms with Crippen molar-refractivity contribution >= 4 is 11.6 Å². The lowest BCUT2D eigenvalue weighted by atomic mass is 9.98. The van der Waals surface area contributed by atoms with Crippen LogP contribution in [-0.2, 0) is 17.2 Å². The minimum absolute atomic E-state index is 0.201. The molecule has 94 valence electrons. The molecule has 1 unspecified atom stereocenters. The third-order valence-corrected chi connectivity index (χ3v) is 4.28. The lowest BCUT2D eigenvalue weighted by Crippen LogP contribution is -2.27. The largest absolute Gasteiger partial charge is 0.370 e. The highest BCUT2D eigenvalue weighted by molar-refractivity contribution is 6.16. The molecule has 2 aliphatic rings. The second-order valence-corrected chi connectivity index (χ2v) is 5.43. The van der Waals surface area contributed by atoms with Gasteiger partial charge < -0.3 is 4.74 Å². The molecule has 1 aliphatic carbocycles. The van der Waals surface area contributed by atoms with Gasteiger partial charge in [0.25, 0.3) is 0 Å². The van der Waals surface area contributed by atoms with Gasteiger partial charge in [0.1, 0.15) is 12.2 Å². The van der Waals surface area contributed by atoms with E-state index >= 15 is 0 Å². The van der Waals surface area contributed by atoms with Gasteiger partial charge in [0, 0.05) is 0 Å². The molecule has 2 fully saturated rings. The molecule has 0 aromatic carbocycles. The molecule has 3 rings (SSSR count). The Hall–Kier alpha value is -0.610. The van der Waals surface area contributed by atoms with Crippen LogP contribution in [0.5, 0.6) is 0 Å². The number of ether oxygens (including phenoxy) is 1. The fraction of sp³-hybridized carbons (Fsp3) is 0.833. The Balaban J connectivity index is 1.64. The summed E-state index contributed by atoms with van der Waals surface area (Å²) in [6.07, 6.45) is 9.33. The van der Waals surface area contributed by atoms with Crippen molar-refractivity contribution in [3.05, 3.63) is 12.2 Å². The SMILES string of the molecule is ClCc1ncnn1CC1CCC2(CCCC2)O1. The van der Waals surface area contributed by atoms with Gasteiger partial charge in [0.15, 0.2) is 0 Å². The van der Waals surface area contributed by atoms with Gasteiger partial charge in [-0.15, -0.1) is 11.6 Å². The summed E-state index contributed by atoms with van der Waals surface area (Å²) in [5, 5.41) is 4.21. The van der Waals surface area contributed by atoms with Crippen LogP contribution in [-0.4, -0.2) is 26.5 Å². The smallest absolute Gasteiger partial charge is 0.141 e. The van der Waals surface area contributed by atoms with Crippen molar-refractivity contribution in [1.82, 2.24) is 14.8 Å². The number of alkyl halides is 1. The summed E-state index contributed by atoms with van der Waals surface area (Å²) in [5.74, 6) is 1.25. The Bertz CT molecular complexity index is 387. The zero-order chi connectivity index (χ0) is 11.7. The standard InChI is InChI=1S/C12H18ClN3O/c13-7-11-14-9-15-16(11)8-10-3-6-12(17-10)4-1-2-5-12/h9-10H,1-8H2. The molecule has 1 aromatic heterocycles. The molecule has 1 spiro atoms. The van der Waals surface area contributed by atoms with Gasteiger partial charge in [-0.05, 0) is 25.7 Å². The van der Waals surface area contributed by atoms with Crippen LogP contribution in [0.1, 0.15) is 44.3 Å². The minimum Gasteiger partial charge on any atom is -0.370 e. The van der Waals surface area contributed by atoms with Crippen molar-refractivity contribution in [3.8, 4) is 0 Å². The van der Waals surface area contributed by atoms with Gasteiger partial charge in [0.2, 0.25) is 0 Å². The molecule has 1 saturated heterocycles. The first kappa shape index (κ1) is 11.5. The number of halogens is 1. The van der Waals surface area contributed by atoms with Gasteiger partial charge in [-0.25, -0.2) is 9.67 Å². The maximum Gasteiger partial charge on any atom is 0.141 e. The van der Waals surface area contributed by atoms with Crippen molar-refractivity contribution in [2.75, 3.05) is 0 Å². The number of aromatic nitrogens is 3. The van der Waals surface area contributed by atoms with Crippen LogP contribution in [0.4, 0.5) is 0 Å². The first-order chi connectivity index (χ1) is 8.31. The van der Waals surface area contributed by atoms with Gasteiger partial charge in [-0.2, -0.15) is 5.10 Å². The highest BCUT2D eigenvalue weighted by atomic mass is 35.5. The maximum absolute atomic E-state index is 6.25. The highest BCUT2D eigenvalue weighted by Gasteiger charge is 2.42. The monoisotopic (exact) mass is 255 g/mol. The molecule has 0 N–H and O–H groups in total. The van der Waals surface area contributed by atoms with E-state index in [-0.39, 0.29) is 11.7 Å². The summed E-state index contributed by atoms with van der Waals surface area (Å²) < 4.78 is 8.13. The average molecular weight is 256 g/mol. The third kappa shape index (κ3) is 2.20. The van der Waals surface area contributed by atoms with Gasteiger partial charge in [0.05, 0.1) is 24.1 Å². The van der Waals surface area contributed by atoms with Gasteiger partial charge >= 0.3 is 0 Å². The molecule has 5 heteroatoms. The zero-order valence-electron chi connectivity index (χ0n) is 9.94. The topological polar surface area (TPSA) is 39.9 Å². The van der Waals surface area contributed by atoms with E-state index < -0.39 is 0 Å². The zero-order valence-corrected chi connectivity index (χ0v) is 10.7. The number of hydrogen-bond acceptors (Lipinski definition) is 3. The maximum atomic E-state index is 6.25. The van der Waals surface area contributed by atoms with Crippen LogP contribution in [0, 0.1) is 0 Å². The molecule has 1 atom stereocenters. The normalized spacial score (nSPS) is 27.0. The molecular weight excluding hydrogens is 238 g/mol. The Kier molecular flexibility index (Phi) is 3.09. The summed E-state index contributed by atoms with van der Waals surface area (Å²) in [6.45, 7) is 0.795. The number of hydrogen-bond donors (Lipinski definition) is 0. The quantitative estimate of drug-likeness (QED) is 0.780. The van der Waals surface area contributed by atoms with Crippen molar-refractivity contribution in [1.29, 1.82) is 0 Å². The van der Waals surface area contributed by atoms with Crippen LogP contribution in [0.15, 0.2) is 6.33 Å². The molecule has 1 saturated carbocycles. The van der Waals surface area contributed by atoms with Crippen LogP contribution in [0.3, 0.4) is 0 Å². The van der Waals surface area contributed by atoms with E-state index in [0.29, 0.717) is 5.88 Å². The first-order valence-corrected chi connectivity index (χ1v) is 6.95. The first-order valence-electron chi connectivity index (χ1n) is 6.42. The van der Waals surface area contributed by atoms with E-state index in [4.69, 9.17) is 16.3 Å². The Morgan fingerprint density at radius 2 is 2.24 bits per heavy atom. The molecule has 0 bridgehead atoms. The molecule has 2 heterocycles. The minimum atomic E-state index is 0.201. The Morgan fingerprint density at radius 1 is 1.41 bits per heavy atom. The lowest BCUT2D eigenvalue weighted by Gasteiger charge is -2.23. The van der Waals surface area contributed by atoms with Crippen LogP contribution in [0.25, 0.3) is 0 Å². The van der Waals surface area contributed by atoms with Crippen molar-refractivity contribution < 1.29 is 4.74 Å². The average Bonchev–Trinajstić information content (AvgIpc) is 3.03. The fourth-order valence-electron chi connectivity index (χ4n) is 3.15. The molecule has 17 heavy (non-hydrogen) atoms. The second kappa shape index (κ2) is 4.58. The molecule has 4 nitrogen and oxygen atoms in total.